The van der Waals surface area contributed by atoms with Crippen LogP contribution >= 0.6 is 0 Å². The summed E-state index contributed by atoms with van der Waals surface area (Å²) >= 11 is 0. The first kappa shape index (κ1) is 15.6. The summed E-state index contributed by atoms with van der Waals surface area (Å²) in [6, 6.07) is 14.9. The Morgan fingerprint density at radius 1 is 1.17 bits per heavy atom. The summed E-state index contributed by atoms with van der Waals surface area (Å²) in [5.74, 6) is 0. The highest BCUT2D eigenvalue weighted by Crippen LogP contribution is 2.12. The molecule has 5 nitrogen and oxygen atoms in total. The maximum absolute atomic E-state index is 11.7. The van der Waals surface area contributed by atoms with E-state index in [0.717, 1.165) is 25.1 Å². The molecule has 1 aliphatic heterocycles. The molecule has 2 aromatic rings. The fourth-order valence-corrected chi connectivity index (χ4v) is 2.56. The zero-order chi connectivity index (χ0) is 16.1. The van der Waals surface area contributed by atoms with Gasteiger partial charge in [-0.05, 0) is 35.1 Å². The van der Waals surface area contributed by atoms with E-state index in [0.29, 0.717) is 5.46 Å². The molecule has 0 saturated heterocycles. The van der Waals surface area contributed by atoms with Crippen LogP contribution in [0, 0.1) is 0 Å². The molecule has 6 heteroatoms. The van der Waals surface area contributed by atoms with Gasteiger partial charge in [-0.2, -0.15) is 0 Å². The van der Waals surface area contributed by atoms with Crippen molar-refractivity contribution in [1.29, 1.82) is 0 Å². The highest BCUT2D eigenvalue weighted by molar-refractivity contribution is 6.61. The number of carbonyl (C=O) groups is 1. The molecule has 0 radical (unpaired) electrons. The molecule has 0 bridgehead atoms. The number of nitrogens with one attached hydrogen (secondary N) is 1. The predicted molar refractivity (Wildman–Crippen MR) is 87.2 cm³/mol. The van der Waals surface area contributed by atoms with Crippen LogP contribution in [-0.4, -0.2) is 24.8 Å². The number of rotatable bonds is 4. The third kappa shape index (κ3) is 4.12. The summed E-state index contributed by atoms with van der Waals surface area (Å²) in [5.41, 5.74) is 3.79. The minimum Gasteiger partial charge on any atom is -0.473 e. The smallest absolute Gasteiger partial charge is 0.473 e. The standard InChI is InChI=1S/C17H18BNO4/c20-17(22-12-13-4-2-1-3-5-13)23-18(21)16-7-6-15-11-19-9-8-14(15)10-16/h1-7,10,19,21H,8-9,11-12H2. The summed E-state index contributed by atoms with van der Waals surface area (Å²) < 4.78 is 9.93. The maximum Gasteiger partial charge on any atom is 0.564 e. The number of hydrogen-bond donors (Lipinski definition) is 2. The fraction of sp³-hybridized carbons (Fsp3) is 0.235. The number of fused-ring (bicyclic) bond motifs is 1. The monoisotopic (exact) mass is 311 g/mol. The number of hydrogen-bond acceptors (Lipinski definition) is 5. The van der Waals surface area contributed by atoms with Crippen molar-refractivity contribution in [1.82, 2.24) is 5.32 Å². The molecule has 0 aromatic heterocycles. The number of ether oxygens (including phenoxy) is 1. The van der Waals surface area contributed by atoms with Crippen molar-refractivity contribution in [2.45, 2.75) is 19.6 Å². The topological polar surface area (TPSA) is 67.8 Å². The van der Waals surface area contributed by atoms with Crippen LogP contribution in [0.5, 0.6) is 0 Å². The van der Waals surface area contributed by atoms with Gasteiger partial charge in [-0.15, -0.1) is 0 Å². The minimum atomic E-state index is -1.32. The Hall–Kier alpha value is -2.31. The fourth-order valence-electron chi connectivity index (χ4n) is 2.56. The molecule has 0 saturated carbocycles. The second-order valence-electron chi connectivity index (χ2n) is 5.45. The summed E-state index contributed by atoms with van der Waals surface area (Å²) in [6.07, 6.45) is 0.00897. The van der Waals surface area contributed by atoms with E-state index >= 15 is 0 Å². The van der Waals surface area contributed by atoms with Gasteiger partial charge in [-0.1, -0.05) is 48.5 Å². The lowest BCUT2D eigenvalue weighted by Crippen LogP contribution is -2.37. The first-order valence-electron chi connectivity index (χ1n) is 7.60. The van der Waals surface area contributed by atoms with Crippen molar-refractivity contribution in [3.8, 4) is 0 Å². The highest BCUT2D eigenvalue weighted by Gasteiger charge is 2.24. The lowest BCUT2D eigenvalue weighted by Gasteiger charge is -2.18. The zero-order valence-corrected chi connectivity index (χ0v) is 12.7. The van der Waals surface area contributed by atoms with Crippen molar-refractivity contribution in [3.63, 3.8) is 0 Å². The molecule has 23 heavy (non-hydrogen) atoms. The highest BCUT2D eigenvalue weighted by atomic mass is 16.7. The third-order valence-electron chi connectivity index (χ3n) is 3.81. The van der Waals surface area contributed by atoms with Crippen molar-refractivity contribution in [3.05, 3.63) is 65.2 Å². The first-order valence-corrected chi connectivity index (χ1v) is 7.60. The molecule has 118 valence electrons. The van der Waals surface area contributed by atoms with Crippen LogP contribution in [0.1, 0.15) is 16.7 Å². The van der Waals surface area contributed by atoms with Crippen LogP contribution in [-0.2, 0) is 29.0 Å². The largest absolute Gasteiger partial charge is 0.564 e. The summed E-state index contributed by atoms with van der Waals surface area (Å²) in [6.45, 7) is 1.85. The van der Waals surface area contributed by atoms with Crippen LogP contribution in [0.4, 0.5) is 4.79 Å². The molecule has 2 N–H and O–H groups in total. The van der Waals surface area contributed by atoms with Gasteiger partial charge < -0.3 is 19.7 Å². The van der Waals surface area contributed by atoms with Gasteiger partial charge in [0.2, 0.25) is 0 Å². The Labute approximate surface area is 135 Å². The van der Waals surface area contributed by atoms with Gasteiger partial charge in [-0.25, -0.2) is 4.79 Å². The molecule has 0 fully saturated rings. The van der Waals surface area contributed by atoms with E-state index in [4.69, 9.17) is 9.39 Å². The van der Waals surface area contributed by atoms with E-state index in [1.54, 1.807) is 6.07 Å². The Morgan fingerprint density at radius 2 is 2.00 bits per heavy atom. The van der Waals surface area contributed by atoms with Gasteiger partial charge in [0.15, 0.2) is 0 Å². The number of benzene rings is 2. The van der Waals surface area contributed by atoms with Crippen molar-refractivity contribution < 1.29 is 19.2 Å². The normalized spacial score (nSPS) is 13.1. The first-order chi connectivity index (χ1) is 11.2. The van der Waals surface area contributed by atoms with Crippen LogP contribution < -0.4 is 10.8 Å². The summed E-state index contributed by atoms with van der Waals surface area (Å²) in [4.78, 5) is 11.7. The second kappa shape index (κ2) is 7.31. The number of carbonyl (C=O) groups excluding carboxylic acids is 1. The van der Waals surface area contributed by atoms with Crippen LogP contribution in [0.3, 0.4) is 0 Å². The SMILES string of the molecule is O=C(OCc1ccccc1)OB(O)c1ccc2c(c1)CCNC2. The van der Waals surface area contributed by atoms with Crippen molar-refractivity contribution in [2.24, 2.45) is 0 Å². The van der Waals surface area contributed by atoms with Gasteiger partial charge in [0, 0.05) is 6.54 Å². The van der Waals surface area contributed by atoms with Gasteiger partial charge >= 0.3 is 13.3 Å². The second-order valence-corrected chi connectivity index (χ2v) is 5.45. The van der Waals surface area contributed by atoms with Crippen LogP contribution in [0.25, 0.3) is 0 Å². The maximum atomic E-state index is 11.7. The third-order valence-corrected chi connectivity index (χ3v) is 3.81. The molecule has 0 spiro atoms. The lowest BCUT2D eigenvalue weighted by atomic mass is 9.77. The van der Waals surface area contributed by atoms with E-state index < -0.39 is 13.3 Å². The van der Waals surface area contributed by atoms with Crippen LogP contribution in [0.15, 0.2) is 48.5 Å². The van der Waals surface area contributed by atoms with Gasteiger partial charge in [0.05, 0.1) is 0 Å². The van der Waals surface area contributed by atoms with E-state index in [-0.39, 0.29) is 6.61 Å². The van der Waals surface area contributed by atoms with Crippen LogP contribution in [0.2, 0.25) is 0 Å². The van der Waals surface area contributed by atoms with Gasteiger partial charge in [-0.3, -0.25) is 0 Å². The van der Waals surface area contributed by atoms with E-state index in [2.05, 4.69) is 5.32 Å². The Morgan fingerprint density at radius 3 is 2.83 bits per heavy atom. The van der Waals surface area contributed by atoms with Gasteiger partial charge in [0.25, 0.3) is 0 Å². The van der Waals surface area contributed by atoms with E-state index in [1.807, 2.05) is 42.5 Å². The summed E-state index contributed by atoms with van der Waals surface area (Å²) in [5, 5.41) is 13.3. The zero-order valence-electron chi connectivity index (χ0n) is 12.7. The molecule has 0 atom stereocenters. The molecule has 0 aliphatic carbocycles. The Balaban J connectivity index is 1.56. The molecule has 1 heterocycles. The average Bonchev–Trinajstić information content (AvgIpc) is 2.60. The van der Waals surface area contributed by atoms with Crippen molar-refractivity contribution in [2.75, 3.05) is 6.54 Å². The average molecular weight is 311 g/mol. The minimum absolute atomic E-state index is 0.113. The quantitative estimate of drug-likeness (QED) is 0.659. The molecule has 0 amide bonds. The summed E-state index contributed by atoms with van der Waals surface area (Å²) in [7, 11) is -1.32. The molecular formula is C17H18BNO4. The predicted octanol–water partition coefficient (Wildman–Crippen LogP) is 1.37. The molecule has 1 aliphatic rings. The van der Waals surface area contributed by atoms with E-state index in [1.165, 1.54) is 11.1 Å². The molecular weight excluding hydrogens is 293 g/mol. The van der Waals surface area contributed by atoms with E-state index in [9.17, 15) is 9.82 Å². The lowest BCUT2D eigenvalue weighted by molar-refractivity contribution is 0.0873. The Bertz CT molecular complexity index is 678. The molecule has 3 rings (SSSR count). The van der Waals surface area contributed by atoms with Gasteiger partial charge in [0.1, 0.15) is 6.61 Å². The Kier molecular flexibility index (Phi) is 4.95. The molecule has 0 unspecified atom stereocenters. The van der Waals surface area contributed by atoms with Crippen molar-refractivity contribution >= 4 is 18.7 Å². The molecule has 2 aromatic carbocycles.